The molecule has 20 heavy (non-hydrogen) atoms. The molecule has 2 heterocycles. The fraction of sp³-hybridized carbons (Fsp3) is 0.500. The number of nitrogens with zero attached hydrogens (tertiary/aromatic N) is 2. The van der Waals surface area contributed by atoms with Crippen LogP contribution >= 0.6 is 0 Å². The van der Waals surface area contributed by atoms with Crippen molar-refractivity contribution in [3.63, 3.8) is 0 Å². The van der Waals surface area contributed by atoms with Crippen molar-refractivity contribution in [3.05, 3.63) is 29.6 Å². The van der Waals surface area contributed by atoms with E-state index in [0.717, 1.165) is 12.8 Å². The van der Waals surface area contributed by atoms with Crippen molar-refractivity contribution >= 4 is 11.9 Å². The first-order chi connectivity index (χ1) is 9.49. The molecule has 1 fully saturated rings. The van der Waals surface area contributed by atoms with Crippen LogP contribution in [-0.2, 0) is 11.3 Å². The number of aliphatic carboxylic acids is 1. The highest BCUT2D eigenvalue weighted by Gasteiger charge is 2.44. The minimum Gasteiger partial charge on any atom is -0.480 e. The largest absolute Gasteiger partial charge is 0.480 e. The van der Waals surface area contributed by atoms with Gasteiger partial charge in [0.05, 0.1) is 5.69 Å². The Morgan fingerprint density at radius 1 is 1.50 bits per heavy atom. The molecule has 1 aliphatic heterocycles. The van der Waals surface area contributed by atoms with Crippen LogP contribution in [0, 0.1) is 0 Å². The molecule has 2 rings (SSSR count). The molecule has 108 valence electrons. The van der Waals surface area contributed by atoms with Crippen LogP contribution in [-0.4, -0.2) is 39.0 Å². The number of amides is 1. The lowest BCUT2D eigenvalue weighted by molar-refractivity contribution is -0.150. The Bertz CT molecular complexity index is 532. The number of hydrogen-bond acceptors (Lipinski definition) is 4. The summed E-state index contributed by atoms with van der Waals surface area (Å²) in [6.07, 6.45) is 3.64. The number of carboxylic acids is 1. The van der Waals surface area contributed by atoms with Crippen LogP contribution in [0.3, 0.4) is 0 Å². The quantitative estimate of drug-likeness (QED) is 0.859. The van der Waals surface area contributed by atoms with Crippen molar-refractivity contribution in [2.45, 2.75) is 38.3 Å². The van der Waals surface area contributed by atoms with Crippen molar-refractivity contribution in [2.75, 3.05) is 6.54 Å². The SMILES string of the molecule is CC1(C(=O)O)CCCCN1C(=O)c1ccnc(CN)c1. The second kappa shape index (κ2) is 5.58. The van der Waals surface area contributed by atoms with Gasteiger partial charge in [-0.05, 0) is 38.3 Å². The Morgan fingerprint density at radius 3 is 2.90 bits per heavy atom. The summed E-state index contributed by atoms with van der Waals surface area (Å²) < 4.78 is 0. The maximum atomic E-state index is 12.6. The molecule has 1 aliphatic rings. The smallest absolute Gasteiger partial charge is 0.329 e. The maximum absolute atomic E-state index is 12.6. The number of carboxylic acid groups (broad SMARTS) is 1. The fourth-order valence-corrected chi connectivity index (χ4v) is 2.55. The lowest BCUT2D eigenvalue weighted by Crippen LogP contribution is -2.57. The molecule has 0 aliphatic carbocycles. The van der Waals surface area contributed by atoms with E-state index in [1.165, 1.54) is 11.1 Å². The van der Waals surface area contributed by atoms with Crippen LogP contribution in [0.1, 0.15) is 42.2 Å². The molecular weight excluding hydrogens is 258 g/mol. The zero-order valence-corrected chi connectivity index (χ0v) is 11.5. The van der Waals surface area contributed by atoms with Gasteiger partial charge in [-0.1, -0.05) is 0 Å². The van der Waals surface area contributed by atoms with Crippen molar-refractivity contribution in [3.8, 4) is 0 Å². The molecule has 3 N–H and O–H groups in total. The van der Waals surface area contributed by atoms with Crippen LogP contribution < -0.4 is 5.73 Å². The first kappa shape index (κ1) is 14.5. The molecule has 6 nitrogen and oxygen atoms in total. The summed E-state index contributed by atoms with van der Waals surface area (Å²) in [6.45, 7) is 2.32. The molecular formula is C14H19N3O3. The number of piperidine rings is 1. The minimum atomic E-state index is -1.14. The second-order valence-electron chi connectivity index (χ2n) is 5.23. The number of likely N-dealkylation sites (tertiary alicyclic amines) is 1. The van der Waals surface area contributed by atoms with Crippen molar-refractivity contribution in [1.29, 1.82) is 0 Å². The summed E-state index contributed by atoms with van der Waals surface area (Å²) in [5.74, 6) is -1.23. The Morgan fingerprint density at radius 2 is 2.25 bits per heavy atom. The molecule has 6 heteroatoms. The molecule has 1 saturated heterocycles. The zero-order valence-electron chi connectivity index (χ0n) is 11.5. The molecule has 0 saturated carbocycles. The topological polar surface area (TPSA) is 96.5 Å². The fourth-order valence-electron chi connectivity index (χ4n) is 2.55. The predicted octanol–water partition coefficient (Wildman–Crippen LogP) is 1.01. The monoisotopic (exact) mass is 277 g/mol. The number of carbonyl (C=O) groups excluding carboxylic acids is 1. The normalized spacial score (nSPS) is 22.6. The van der Waals surface area contributed by atoms with Crippen molar-refractivity contribution in [2.24, 2.45) is 5.73 Å². The maximum Gasteiger partial charge on any atom is 0.329 e. The van der Waals surface area contributed by atoms with Crippen molar-refractivity contribution in [1.82, 2.24) is 9.88 Å². The van der Waals surface area contributed by atoms with E-state index in [9.17, 15) is 14.7 Å². The number of carbonyl (C=O) groups is 2. The van der Waals surface area contributed by atoms with Gasteiger partial charge in [0, 0.05) is 24.8 Å². The van der Waals surface area contributed by atoms with Gasteiger partial charge in [0.25, 0.3) is 5.91 Å². The van der Waals surface area contributed by atoms with E-state index in [0.29, 0.717) is 24.2 Å². The molecule has 1 amide bonds. The number of pyridine rings is 1. The van der Waals surface area contributed by atoms with E-state index in [-0.39, 0.29) is 12.5 Å². The molecule has 0 spiro atoms. The highest BCUT2D eigenvalue weighted by atomic mass is 16.4. The third-order valence-electron chi connectivity index (χ3n) is 3.87. The lowest BCUT2D eigenvalue weighted by Gasteiger charge is -2.41. The van der Waals surface area contributed by atoms with Crippen LogP contribution in [0.4, 0.5) is 0 Å². The molecule has 1 atom stereocenters. The zero-order chi connectivity index (χ0) is 14.8. The molecule has 1 aromatic rings. The number of nitrogens with two attached hydrogens (primary N) is 1. The third kappa shape index (κ3) is 2.51. The van der Waals surface area contributed by atoms with E-state index in [2.05, 4.69) is 4.98 Å². The van der Waals surface area contributed by atoms with E-state index in [1.807, 2.05) is 0 Å². The van der Waals surface area contributed by atoms with E-state index in [4.69, 9.17) is 5.73 Å². The number of hydrogen-bond donors (Lipinski definition) is 2. The summed E-state index contributed by atoms with van der Waals surface area (Å²) >= 11 is 0. The summed E-state index contributed by atoms with van der Waals surface area (Å²) in [6, 6.07) is 3.22. The van der Waals surface area contributed by atoms with Gasteiger partial charge in [-0.25, -0.2) is 4.79 Å². The molecule has 0 radical (unpaired) electrons. The summed E-state index contributed by atoms with van der Waals surface area (Å²) in [5.41, 5.74) is 5.44. The second-order valence-corrected chi connectivity index (χ2v) is 5.23. The lowest BCUT2D eigenvalue weighted by atomic mass is 9.88. The standard InChI is InChI=1S/C14H19N3O3/c1-14(13(19)20)5-2-3-7-17(14)12(18)10-4-6-16-11(8-10)9-15/h4,6,8H,2-3,5,7,9,15H2,1H3,(H,19,20). The van der Waals surface area contributed by atoms with Gasteiger partial charge in [0.15, 0.2) is 0 Å². The first-order valence-corrected chi connectivity index (χ1v) is 6.69. The van der Waals surface area contributed by atoms with Gasteiger partial charge in [-0.2, -0.15) is 0 Å². The van der Waals surface area contributed by atoms with Crippen molar-refractivity contribution < 1.29 is 14.7 Å². The average Bonchev–Trinajstić information content (AvgIpc) is 2.47. The minimum absolute atomic E-state index is 0.247. The Labute approximate surface area is 117 Å². The predicted molar refractivity (Wildman–Crippen MR) is 73.1 cm³/mol. The van der Waals surface area contributed by atoms with E-state index < -0.39 is 11.5 Å². The van der Waals surface area contributed by atoms with E-state index in [1.54, 1.807) is 19.1 Å². The van der Waals surface area contributed by atoms with Crippen LogP contribution in [0.15, 0.2) is 18.3 Å². The molecule has 1 aromatic heterocycles. The molecule has 0 bridgehead atoms. The van der Waals surface area contributed by atoms with E-state index >= 15 is 0 Å². The number of aromatic nitrogens is 1. The molecule has 0 aromatic carbocycles. The van der Waals surface area contributed by atoms with Gasteiger partial charge in [0.1, 0.15) is 5.54 Å². The van der Waals surface area contributed by atoms with Gasteiger partial charge in [-0.15, -0.1) is 0 Å². The summed E-state index contributed by atoms with van der Waals surface area (Å²) in [7, 11) is 0. The Kier molecular flexibility index (Phi) is 4.04. The average molecular weight is 277 g/mol. The summed E-state index contributed by atoms with van der Waals surface area (Å²) in [4.78, 5) is 29.6. The van der Waals surface area contributed by atoms with Gasteiger partial charge < -0.3 is 15.7 Å². The highest BCUT2D eigenvalue weighted by Crippen LogP contribution is 2.29. The van der Waals surface area contributed by atoms with Crippen LogP contribution in [0.2, 0.25) is 0 Å². The van der Waals surface area contributed by atoms with Gasteiger partial charge in [0.2, 0.25) is 0 Å². The Balaban J connectivity index is 2.32. The summed E-state index contributed by atoms with van der Waals surface area (Å²) in [5, 5.41) is 9.44. The Hall–Kier alpha value is -1.95. The number of rotatable bonds is 3. The first-order valence-electron chi connectivity index (χ1n) is 6.69. The van der Waals surface area contributed by atoms with Crippen LogP contribution in [0.5, 0.6) is 0 Å². The molecule has 1 unspecified atom stereocenters. The van der Waals surface area contributed by atoms with Gasteiger partial charge in [-0.3, -0.25) is 9.78 Å². The van der Waals surface area contributed by atoms with Gasteiger partial charge >= 0.3 is 5.97 Å². The highest BCUT2D eigenvalue weighted by molar-refractivity contribution is 5.98. The van der Waals surface area contributed by atoms with Crippen LogP contribution in [0.25, 0.3) is 0 Å². The third-order valence-corrected chi connectivity index (χ3v) is 3.87.